The summed E-state index contributed by atoms with van der Waals surface area (Å²) in [5.74, 6) is -0.752. The van der Waals surface area contributed by atoms with Crippen molar-refractivity contribution >= 4 is 26.0 Å². The maximum absolute atomic E-state index is 13.2. The van der Waals surface area contributed by atoms with Gasteiger partial charge in [-0.2, -0.15) is 8.61 Å². The van der Waals surface area contributed by atoms with Crippen molar-refractivity contribution < 1.29 is 26.4 Å². The van der Waals surface area contributed by atoms with Crippen LogP contribution in [0.25, 0.3) is 0 Å². The number of benzene rings is 2. The van der Waals surface area contributed by atoms with Crippen LogP contribution in [0.2, 0.25) is 0 Å². The molecule has 4 rings (SSSR count). The Morgan fingerprint density at radius 1 is 0.909 bits per heavy atom. The number of amides is 1. The SMILES string of the molecule is O=C(NCCS(=O)(=O)N1CCOCC1)c1cccc(S(=O)(=O)N2CCc3ccccc3C2)c1. The van der Waals surface area contributed by atoms with Crippen LogP contribution >= 0.6 is 0 Å². The van der Waals surface area contributed by atoms with E-state index in [1.54, 1.807) is 0 Å². The summed E-state index contributed by atoms with van der Waals surface area (Å²) in [7, 11) is -7.28. The van der Waals surface area contributed by atoms with Crippen molar-refractivity contribution in [3.05, 3.63) is 65.2 Å². The lowest BCUT2D eigenvalue weighted by Gasteiger charge is -2.28. The average Bonchev–Trinajstić information content (AvgIpc) is 2.84. The number of sulfonamides is 2. The maximum Gasteiger partial charge on any atom is 0.251 e. The van der Waals surface area contributed by atoms with E-state index in [9.17, 15) is 21.6 Å². The van der Waals surface area contributed by atoms with Gasteiger partial charge in [-0.1, -0.05) is 30.3 Å². The third-order valence-electron chi connectivity index (χ3n) is 5.84. The third kappa shape index (κ3) is 5.44. The van der Waals surface area contributed by atoms with E-state index in [0.717, 1.165) is 11.1 Å². The van der Waals surface area contributed by atoms with Gasteiger partial charge in [0.05, 0.1) is 23.9 Å². The molecule has 2 aliphatic heterocycles. The highest BCUT2D eigenvalue weighted by molar-refractivity contribution is 7.89. The summed E-state index contributed by atoms with van der Waals surface area (Å²) in [6.07, 6.45) is 0.632. The monoisotopic (exact) mass is 493 g/mol. The first kappa shape index (κ1) is 23.8. The van der Waals surface area contributed by atoms with E-state index in [2.05, 4.69) is 5.32 Å². The van der Waals surface area contributed by atoms with Gasteiger partial charge in [0.2, 0.25) is 20.0 Å². The van der Waals surface area contributed by atoms with Crippen LogP contribution in [0.5, 0.6) is 0 Å². The molecule has 0 spiro atoms. The van der Waals surface area contributed by atoms with Crippen LogP contribution in [0.1, 0.15) is 21.5 Å². The number of carbonyl (C=O) groups excluding carboxylic acids is 1. The van der Waals surface area contributed by atoms with Crippen LogP contribution in [0.15, 0.2) is 53.4 Å². The zero-order valence-corrected chi connectivity index (χ0v) is 19.8. The molecule has 2 aromatic carbocycles. The molecule has 0 radical (unpaired) electrons. The van der Waals surface area contributed by atoms with Crippen LogP contribution in [0.3, 0.4) is 0 Å². The Bertz CT molecular complexity index is 1220. The van der Waals surface area contributed by atoms with E-state index < -0.39 is 26.0 Å². The fourth-order valence-electron chi connectivity index (χ4n) is 3.97. The standard InChI is InChI=1S/C22H27N3O6S2/c26-22(23-9-15-32(27,28)24-11-13-31-14-12-24)19-6-3-7-21(16-19)33(29,30)25-10-8-18-4-1-2-5-20(18)17-25/h1-7,16H,8-15,17H2,(H,23,26). The topological polar surface area (TPSA) is 113 Å². The van der Waals surface area contributed by atoms with E-state index >= 15 is 0 Å². The Labute approximate surface area is 194 Å². The number of hydrogen-bond acceptors (Lipinski definition) is 6. The van der Waals surface area contributed by atoms with Gasteiger partial charge in [0, 0.05) is 38.3 Å². The molecule has 2 aromatic rings. The van der Waals surface area contributed by atoms with Crippen molar-refractivity contribution in [3.63, 3.8) is 0 Å². The molecule has 1 fully saturated rings. The molecule has 33 heavy (non-hydrogen) atoms. The highest BCUT2D eigenvalue weighted by Crippen LogP contribution is 2.25. The molecule has 0 saturated carbocycles. The van der Waals surface area contributed by atoms with E-state index in [1.807, 2.05) is 24.3 Å². The minimum atomic E-state index is -3.78. The molecule has 1 saturated heterocycles. The van der Waals surface area contributed by atoms with Crippen LogP contribution < -0.4 is 5.32 Å². The fourth-order valence-corrected chi connectivity index (χ4v) is 6.76. The van der Waals surface area contributed by atoms with E-state index in [0.29, 0.717) is 39.3 Å². The number of carbonyl (C=O) groups is 1. The molecular formula is C22H27N3O6S2. The first-order valence-electron chi connectivity index (χ1n) is 10.8. The lowest BCUT2D eigenvalue weighted by molar-refractivity contribution is 0.0730. The number of morpholine rings is 1. The lowest BCUT2D eigenvalue weighted by Crippen LogP contribution is -2.43. The predicted octanol–water partition coefficient (Wildman–Crippen LogP) is 0.825. The quantitative estimate of drug-likeness (QED) is 0.611. The van der Waals surface area contributed by atoms with Crippen molar-refractivity contribution in [1.29, 1.82) is 0 Å². The van der Waals surface area contributed by atoms with Crippen LogP contribution in [0.4, 0.5) is 0 Å². The van der Waals surface area contributed by atoms with Gasteiger partial charge in [-0.15, -0.1) is 0 Å². The summed E-state index contributed by atoms with van der Waals surface area (Å²) in [5, 5.41) is 2.58. The van der Waals surface area contributed by atoms with Crippen LogP contribution in [-0.4, -0.2) is 76.5 Å². The summed E-state index contributed by atoms with van der Waals surface area (Å²) in [4.78, 5) is 12.6. The second-order valence-corrected chi connectivity index (χ2v) is 12.0. The maximum atomic E-state index is 13.2. The number of nitrogens with zero attached hydrogens (tertiary/aromatic N) is 2. The second kappa shape index (κ2) is 9.90. The van der Waals surface area contributed by atoms with Gasteiger partial charge in [-0.3, -0.25) is 4.79 Å². The van der Waals surface area contributed by atoms with E-state index in [1.165, 1.54) is 32.9 Å². The largest absolute Gasteiger partial charge is 0.379 e. The van der Waals surface area contributed by atoms with E-state index in [-0.39, 0.29) is 29.3 Å². The van der Waals surface area contributed by atoms with Crippen LogP contribution in [0, 0.1) is 0 Å². The van der Waals surface area contributed by atoms with Gasteiger partial charge in [-0.25, -0.2) is 16.8 Å². The molecule has 1 amide bonds. The minimum absolute atomic E-state index is 0.0375. The van der Waals surface area contributed by atoms with Gasteiger partial charge < -0.3 is 10.1 Å². The predicted molar refractivity (Wildman–Crippen MR) is 123 cm³/mol. The summed E-state index contributed by atoms with van der Waals surface area (Å²) in [6.45, 7) is 1.90. The van der Waals surface area contributed by atoms with Crippen molar-refractivity contribution in [1.82, 2.24) is 13.9 Å². The summed E-state index contributed by atoms with van der Waals surface area (Å²) < 4.78 is 59.1. The minimum Gasteiger partial charge on any atom is -0.379 e. The smallest absolute Gasteiger partial charge is 0.251 e. The number of nitrogens with one attached hydrogen (secondary N) is 1. The molecule has 2 heterocycles. The van der Waals surface area contributed by atoms with Crippen molar-refractivity contribution in [2.45, 2.75) is 17.9 Å². The van der Waals surface area contributed by atoms with Gasteiger partial charge >= 0.3 is 0 Å². The summed E-state index contributed by atoms with van der Waals surface area (Å²) >= 11 is 0. The number of fused-ring (bicyclic) bond motifs is 1. The molecule has 0 aliphatic carbocycles. The highest BCUT2D eigenvalue weighted by atomic mass is 32.2. The molecule has 0 unspecified atom stereocenters. The number of ether oxygens (including phenoxy) is 1. The molecule has 11 heteroatoms. The average molecular weight is 494 g/mol. The Hall–Kier alpha value is -2.31. The Balaban J connectivity index is 1.40. The summed E-state index contributed by atoms with van der Waals surface area (Å²) in [5.41, 5.74) is 2.28. The molecule has 0 atom stereocenters. The zero-order chi connectivity index (χ0) is 23.5. The van der Waals surface area contributed by atoms with Gasteiger partial charge in [-0.05, 0) is 35.7 Å². The van der Waals surface area contributed by atoms with Crippen molar-refractivity contribution in [3.8, 4) is 0 Å². The summed E-state index contributed by atoms with van der Waals surface area (Å²) in [6, 6.07) is 13.6. The number of hydrogen-bond donors (Lipinski definition) is 1. The highest BCUT2D eigenvalue weighted by Gasteiger charge is 2.29. The Morgan fingerprint density at radius 2 is 1.64 bits per heavy atom. The molecular weight excluding hydrogens is 466 g/mol. The molecule has 178 valence electrons. The van der Waals surface area contributed by atoms with E-state index in [4.69, 9.17) is 4.74 Å². The molecule has 2 aliphatic rings. The normalized spacial score (nSPS) is 17.9. The first-order valence-corrected chi connectivity index (χ1v) is 13.8. The fraction of sp³-hybridized carbons (Fsp3) is 0.409. The molecule has 9 nitrogen and oxygen atoms in total. The van der Waals surface area contributed by atoms with Gasteiger partial charge in [0.25, 0.3) is 5.91 Å². The third-order valence-corrected chi connectivity index (χ3v) is 9.55. The van der Waals surface area contributed by atoms with Gasteiger partial charge in [0.1, 0.15) is 0 Å². The first-order chi connectivity index (χ1) is 15.8. The lowest BCUT2D eigenvalue weighted by atomic mass is 10.0. The second-order valence-electron chi connectivity index (χ2n) is 7.97. The van der Waals surface area contributed by atoms with Crippen molar-refractivity contribution in [2.24, 2.45) is 0 Å². The Kier molecular flexibility index (Phi) is 7.15. The molecule has 1 N–H and O–H groups in total. The van der Waals surface area contributed by atoms with Gasteiger partial charge in [0.15, 0.2) is 0 Å². The van der Waals surface area contributed by atoms with Crippen LogP contribution in [-0.2, 0) is 37.7 Å². The molecule has 0 bridgehead atoms. The Morgan fingerprint density at radius 3 is 2.39 bits per heavy atom. The van der Waals surface area contributed by atoms with Crippen molar-refractivity contribution in [2.75, 3.05) is 45.1 Å². The molecule has 0 aromatic heterocycles. The number of rotatable bonds is 7. The zero-order valence-electron chi connectivity index (χ0n) is 18.1.